The molecule has 1 saturated heterocycles. The van der Waals surface area contributed by atoms with Crippen LogP contribution in [0.25, 0.3) is 0 Å². The number of piperidine rings is 1. The molecule has 1 N–H and O–H groups in total. The first-order valence-corrected chi connectivity index (χ1v) is 8.85. The maximum atomic E-state index is 12.8. The fourth-order valence-electron chi connectivity index (χ4n) is 3.23. The van der Waals surface area contributed by atoms with Gasteiger partial charge in [0.05, 0.1) is 19.9 Å². The Morgan fingerprint density at radius 1 is 1.23 bits per heavy atom. The highest BCUT2D eigenvalue weighted by molar-refractivity contribution is 5.93. The molecular weight excluding hydrogens is 330 g/mol. The number of anilines is 2. The van der Waals surface area contributed by atoms with Crippen LogP contribution in [-0.4, -0.2) is 43.1 Å². The van der Waals surface area contributed by atoms with Crippen molar-refractivity contribution in [1.29, 1.82) is 0 Å². The van der Waals surface area contributed by atoms with Gasteiger partial charge < -0.3 is 19.7 Å². The third-order valence-electron chi connectivity index (χ3n) is 4.61. The predicted molar refractivity (Wildman–Crippen MR) is 101 cm³/mol. The maximum Gasteiger partial charge on any atom is 0.272 e. The summed E-state index contributed by atoms with van der Waals surface area (Å²) in [5, 5.41) is 3.29. The van der Waals surface area contributed by atoms with Gasteiger partial charge in [-0.2, -0.15) is 0 Å². The number of nitrogens with one attached hydrogen (secondary N) is 1. The largest absolute Gasteiger partial charge is 0.497 e. The third-order valence-corrected chi connectivity index (χ3v) is 4.61. The van der Waals surface area contributed by atoms with Gasteiger partial charge in [-0.05, 0) is 43.0 Å². The monoisotopic (exact) mass is 355 g/mol. The normalized spacial score (nSPS) is 16.9. The number of aromatic nitrogens is 1. The molecule has 0 spiro atoms. The zero-order valence-electron chi connectivity index (χ0n) is 15.5. The van der Waals surface area contributed by atoms with Gasteiger partial charge in [-0.3, -0.25) is 9.78 Å². The molecule has 6 heteroatoms. The molecule has 2 aromatic rings. The third kappa shape index (κ3) is 4.07. The molecule has 1 amide bonds. The first-order valence-electron chi connectivity index (χ1n) is 8.85. The van der Waals surface area contributed by atoms with Crippen LogP contribution in [0.2, 0.25) is 0 Å². The molecule has 1 aromatic heterocycles. The number of methoxy groups -OCH3 is 2. The molecule has 0 aliphatic carbocycles. The van der Waals surface area contributed by atoms with Gasteiger partial charge in [0.15, 0.2) is 0 Å². The van der Waals surface area contributed by atoms with Gasteiger partial charge in [0.1, 0.15) is 17.2 Å². The fraction of sp³-hybridized carbons (Fsp3) is 0.400. The maximum absolute atomic E-state index is 12.8. The van der Waals surface area contributed by atoms with E-state index in [1.165, 1.54) is 6.42 Å². The van der Waals surface area contributed by atoms with E-state index < -0.39 is 0 Å². The van der Waals surface area contributed by atoms with Crippen molar-refractivity contribution in [3.63, 3.8) is 0 Å². The molecule has 1 unspecified atom stereocenters. The molecular formula is C20H25N3O3. The van der Waals surface area contributed by atoms with Gasteiger partial charge in [0, 0.05) is 31.0 Å². The Morgan fingerprint density at radius 3 is 2.81 bits per heavy atom. The summed E-state index contributed by atoms with van der Waals surface area (Å²) in [6, 6.07) is 9.13. The van der Waals surface area contributed by atoms with Crippen molar-refractivity contribution in [1.82, 2.24) is 9.88 Å². The SMILES string of the molecule is COc1ccc(OC)c(Nc2ccnc(C(=O)N3CCCC(C)C3)c2)c1. The number of pyridine rings is 1. The lowest BCUT2D eigenvalue weighted by molar-refractivity contribution is 0.0677. The Balaban J connectivity index is 1.80. The van der Waals surface area contributed by atoms with Crippen LogP contribution in [0, 0.1) is 5.92 Å². The molecule has 1 aromatic carbocycles. The van der Waals surface area contributed by atoms with Crippen molar-refractivity contribution in [3.05, 3.63) is 42.2 Å². The fourth-order valence-corrected chi connectivity index (χ4v) is 3.23. The van der Waals surface area contributed by atoms with Crippen molar-refractivity contribution in [2.45, 2.75) is 19.8 Å². The molecule has 1 fully saturated rings. The summed E-state index contributed by atoms with van der Waals surface area (Å²) in [6.07, 6.45) is 3.87. The Labute approximate surface area is 154 Å². The van der Waals surface area contributed by atoms with E-state index in [0.717, 1.165) is 36.6 Å². The van der Waals surface area contributed by atoms with Crippen LogP contribution in [0.5, 0.6) is 11.5 Å². The molecule has 3 rings (SSSR count). The van der Waals surface area contributed by atoms with Gasteiger partial charge in [0.25, 0.3) is 5.91 Å². The molecule has 1 aliphatic heterocycles. The summed E-state index contributed by atoms with van der Waals surface area (Å²) in [4.78, 5) is 18.9. The molecule has 0 bridgehead atoms. The van der Waals surface area contributed by atoms with Gasteiger partial charge in [-0.15, -0.1) is 0 Å². The molecule has 26 heavy (non-hydrogen) atoms. The van der Waals surface area contributed by atoms with Crippen LogP contribution < -0.4 is 14.8 Å². The number of carbonyl (C=O) groups is 1. The number of hydrogen-bond donors (Lipinski definition) is 1. The summed E-state index contributed by atoms with van der Waals surface area (Å²) in [5.41, 5.74) is 1.99. The van der Waals surface area contributed by atoms with E-state index in [1.54, 1.807) is 26.5 Å². The van der Waals surface area contributed by atoms with E-state index in [1.807, 2.05) is 29.2 Å². The number of nitrogens with zero attached hydrogens (tertiary/aromatic N) is 2. The summed E-state index contributed by atoms with van der Waals surface area (Å²) >= 11 is 0. The van der Waals surface area contributed by atoms with E-state index >= 15 is 0 Å². The number of ether oxygens (including phenoxy) is 2. The second kappa shape index (κ2) is 8.08. The number of carbonyl (C=O) groups excluding carboxylic acids is 1. The van der Waals surface area contributed by atoms with Gasteiger partial charge >= 0.3 is 0 Å². The Hall–Kier alpha value is -2.76. The van der Waals surface area contributed by atoms with E-state index in [9.17, 15) is 4.79 Å². The van der Waals surface area contributed by atoms with Crippen molar-refractivity contribution in [2.75, 3.05) is 32.6 Å². The van der Waals surface area contributed by atoms with E-state index in [4.69, 9.17) is 9.47 Å². The standard InChI is InChI=1S/C20H25N3O3/c1-14-5-4-10-23(13-14)20(24)18-11-15(8-9-21-18)22-17-12-16(25-2)6-7-19(17)26-3/h6-9,11-12,14H,4-5,10,13H2,1-3H3,(H,21,22). The van der Waals surface area contributed by atoms with Crippen molar-refractivity contribution < 1.29 is 14.3 Å². The Kier molecular flexibility index (Phi) is 5.61. The summed E-state index contributed by atoms with van der Waals surface area (Å²) in [7, 11) is 3.24. The molecule has 0 saturated carbocycles. The van der Waals surface area contributed by atoms with E-state index in [0.29, 0.717) is 17.4 Å². The van der Waals surface area contributed by atoms with Gasteiger partial charge in [-0.1, -0.05) is 6.92 Å². The second-order valence-corrected chi connectivity index (χ2v) is 6.62. The van der Waals surface area contributed by atoms with Crippen LogP contribution in [0.3, 0.4) is 0 Å². The minimum absolute atomic E-state index is 0.0159. The van der Waals surface area contributed by atoms with Crippen LogP contribution in [0.15, 0.2) is 36.5 Å². The van der Waals surface area contributed by atoms with Gasteiger partial charge in [0.2, 0.25) is 0 Å². The lowest BCUT2D eigenvalue weighted by atomic mass is 10.00. The minimum atomic E-state index is -0.0159. The first-order chi connectivity index (χ1) is 12.6. The number of benzene rings is 1. The average molecular weight is 355 g/mol. The topological polar surface area (TPSA) is 63.7 Å². The summed E-state index contributed by atoms with van der Waals surface area (Å²) in [5.74, 6) is 1.94. The molecule has 1 aliphatic rings. The van der Waals surface area contributed by atoms with Gasteiger partial charge in [-0.25, -0.2) is 0 Å². The lowest BCUT2D eigenvalue weighted by Crippen LogP contribution is -2.39. The zero-order chi connectivity index (χ0) is 18.5. The van der Waals surface area contributed by atoms with Crippen molar-refractivity contribution >= 4 is 17.3 Å². The highest BCUT2D eigenvalue weighted by atomic mass is 16.5. The summed E-state index contributed by atoms with van der Waals surface area (Å²) in [6.45, 7) is 3.77. The predicted octanol–water partition coefficient (Wildman–Crippen LogP) is 3.71. The lowest BCUT2D eigenvalue weighted by Gasteiger charge is -2.30. The van der Waals surface area contributed by atoms with E-state index in [-0.39, 0.29) is 5.91 Å². The number of likely N-dealkylation sites (tertiary alicyclic amines) is 1. The quantitative estimate of drug-likeness (QED) is 0.886. The average Bonchev–Trinajstić information content (AvgIpc) is 2.67. The number of hydrogen-bond acceptors (Lipinski definition) is 5. The highest BCUT2D eigenvalue weighted by Crippen LogP contribution is 2.31. The zero-order valence-corrected chi connectivity index (χ0v) is 15.5. The Bertz CT molecular complexity index is 779. The highest BCUT2D eigenvalue weighted by Gasteiger charge is 2.23. The van der Waals surface area contributed by atoms with Crippen LogP contribution in [-0.2, 0) is 0 Å². The number of amides is 1. The van der Waals surface area contributed by atoms with Crippen LogP contribution in [0.4, 0.5) is 11.4 Å². The molecule has 6 nitrogen and oxygen atoms in total. The molecule has 0 radical (unpaired) electrons. The molecule has 1 atom stereocenters. The summed E-state index contributed by atoms with van der Waals surface area (Å²) < 4.78 is 10.7. The minimum Gasteiger partial charge on any atom is -0.497 e. The van der Waals surface area contributed by atoms with Crippen molar-refractivity contribution in [3.8, 4) is 11.5 Å². The van der Waals surface area contributed by atoms with Crippen LogP contribution in [0.1, 0.15) is 30.3 Å². The second-order valence-electron chi connectivity index (χ2n) is 6.62. The van der Waals surface area contributed by atoms with E-state index in [2.05, 4.69) is 17.2 Å². The molecule has 2 heterocycles. The van der Waals surface area contributed by atoms with Crippen molar-refractivity contribution in [2.24, 2.45) is 5.92 Å². The van der Waals surface area contributed by atoms with Crippen LogP contribution >= 0.6 is 0 Å². The number of rotatable bonds is 5. The smallest absolute Gasteiger partial charge is 0.272 e. The molecule has 138 valence electrons. The first kappa shape index (κ1) is 18.0. The Morgan fingerprint density at radius 2 is 2.08 bits per heavy atom.